The molecular weight excluding hydrogens is 303 g/mol. The number of carbonyl (C=O) groups is 1. The molecular formula is C15H13FN4O3. The lowest BCUT2D eigenvalue weighted by molar-refractivity contribution is 0.196. The van der Waals surface area contributed by atoms with Crippen LogP contribution in [0.3, 0.4) is 0 Å². The van der Waals surface area contributed by atoms with E-state index < -0.39 is 11.9 Å². The second-order valence-corrected chi connectivity index (χ2v) is 4.32. The summed E-state index contributed by atoms with van der Waals surface area (Å²) in [7, 11) is 0. The van der Waals surface area contributed by atoms with Crippen LogP contribution in [0.4, 0.5) is 20.7 Å². The molecule has 0 saturated carbocycles. The Hall–Kier alpha value is -3.47. The molecule has 6 N–H and O–H groups in total. The average Bonchev–Trinajstić information content (AvgIpc) is 2.48. The predicted molar refractivity (Wildman–Crippen MR) is 82.4 cm³/mol. The normalized spacial score (nSPS) is 9.61. The molecule has 0 unspecified atom stereocenters. The van der Waals surface area contributed by atoms with Gasteiger partial charge >= 0.3 is 6.09 Å². The number of pyridine rings is 1. The smallest absolute Gasteiger partial charge is 0.405 e. The molecule has 118 valence electrons. The van der Waals surface area contributed by atoms with Crippen molar-refractivity contribution in [2.75, 3.05) is 18.0 Å². The number of nitrogens with one attached hydrogen (secondary N) is 1. The third kappa shape index (κ3) is 4.25. The standard InChI is InChI=1S/C15H13FN4O3/c16-11-8-9(17)3-4-13(11)23-12-5-7-19-14(18)10(12)2-1-6-20-15(21)22/h3-5,7-8,20H,6,17H2,(H2,18,19)(H,21,22). The van der Waals surface area contributed by atoms with Crippen LogP contribution in [-0.2, 0) is 0 Å². The number of halogens is 1. The fourth-order valence-electron chi connectivity index (χ4n) is 1.64. The zero-order valence-electron chi connectivity index (χ0n) is 11.8. The summed E-state index contributed by atoms with van der Waals surface area (Å²) in [5, 5.41) is 10.6. The van der Waals surface area contributed by atoms with Crippen LogP contribution in [-0.4, -0.2) is 22.7 Å². The van der Waals surface area contributed by atoms with Crippen LogP contribution in [0.2, 0.25) is 0 Å². The summed E-state index contributed by atoms with van der Waals surface area (Å²) in [6.45, 7) is -0.0979. The van der Waals surface area contributed by atoms with Crippen molar-refractivity contribution in [3.63, 3.8) is 0 Å². The van der Waals surface area contributed by atoms with E-state index in [1.165, 1.54) is 24.4 Å². The molecule has 0 fully saturated rings. The van der Waals surface area contributed by atoms with Crippen LogP contribution in [0.25, 0.3) is 0 Å². The van der Waals surface area contributed by atoms with Gasteiger partial charge in [0, 0.05) is 24.0 Å². The molecule has 0 saturated heterocycles. The van der Waals surface area contributed by atoms with E-state index in [1.54, 1.807) is 0 Å². The number of ether oxygens (including phenoxy) is 1. The molecule has 2 rings (SSSR count). The van der Waals surface area contributed by atoms with Gasteiger partial charge in [0.05, 0.1) is 6.54 Å². The highest BCUT2D eigenvalue weighted by Gasteiger charge is 2.11. The van der Waals surface area contributed by atoms with Gasteiger partial charge in [-0.15, -0.1) is 0 Å². The van der Waals surface area contributed by atoms with E-state index in [4.69, 9.17) is 21.3 Å². The molecule has 0 aliphatic carbocycles. The Balaban J connectivity index is 2.28. The monoisotopic (exact) mass is 316 g/mol. The highest BCUT2D eigenvalue weighted by atomic mass is 19.1. The van der Waals surface area contributed by atoms with Crippen LogP contribution in [0.1, 0.15) is 5.56 Å². The Kier molecular flexibility index (Phi) is 4.84. The molecule has 1 amide bonds. The second kappa shape index (κ2) is 7.00. The van der Waals surface area contributed by atoms with E-state index in [1.807, 2.05) is 0 Å². The van der Waals surface area contributed by atoms with Crippen LogP contribution < -0.4 is 21.5 Å². The summed E-state index contributed by atoms with van der Waals surface area (Å²) in [6, 6.07) is 5.47. The number of hydrogen-bond donors (Lipinski definition) is 4. The summed E-state index contributed by atoms with van der Waals surface area (Å²) >= 11 is 0. The van der Waals surface area contributed by atoms with Gasteiger partial charge in [-0.3, -0.25) is 0 Å². The van der Waals surface area contributed by atoms with Gasteiger partial charge in [0.2, 0.25) is 0 Å². The molecule has 1 aromatic heterocycles. The first-order valence-electron chi connectivity index (χ1n) is 6.40. The van der Waals surface area contributed by atoms with E-state index >= 15 is 0 Å². The molecule has 1 aromatic carbocycles. The fraction of sp³-hybridized carbons (Fsp3) is 0.0667. The molecule has 0 atom stereocenters. The number of hydrogen-bond acceptors (Lipinski definition) is 5. The van der Waals surface area contributed by atoms with Crippen LogP contribution >= 0.6 is 0 Å². The minimum atomic E-state index is -1.20. The molecule has 8 heteroatoms. The lowest BCUT2D eigenvalue weighted by Crippen LogP contribution is -2.20. The van der Waals surface area contributed by atoms with Gasteiger partial charge in [-0.1, -0.05) is 11.8 Å². The lowest BCUT2D eigenvalue weighted by Gasteiger charge is -2.10. The Labute approximate surface area is 131 Å². The molecule has 0 spiro atoms. The topological polar surface area (TPSA) is 123 Å². The van der Waals surface area contributed by atoms with Crippen molar-refractivity contribution in [3.8, 4) is 23.3 Å². The number of amides is 1. The summed E-state index contributed by atoms with van der Waals surface area (Å²) in [4.78, 5) is 14.2. The molecule has 23 heavy (non-hydrogen) atoms. The first kappa shape index (κ1) is 15.9. The van der Waals surface area contributed by atoms with Crippen molar-refractivity contribution in [1.29, 1.82) is 0 Å². The maximum Gasteiger partial charge on any atom is 0.405 e. The molecule has 1 heterocycles. The SMILES string of the molecule is Nc1ccc(Oc2ccnc(N)c2C#CCNC(=O)O)c(F)c1. The number of carboxylic acid groups (broad SMARTS) is 1. The molecule has 0 bridgehead atoms. The van der Waals surface area contributed by atoms with E-state index in [2.05, 4.69) is 22.1 Å². The van der Waals surface area contributed by atoms with Gasteiger partial charge < -0.3 is 26.6 Å². The third-order valence-electron chi connectivity index (χ3n) is 2.66. The highest BCUT2D eigenvalue weighted by Crippen LogP contribution is 2.29. The lowest BCUT2D eigenvalue weighted by atomic mass is 10.2. The van der Waals surface area contributed by atoms with Gasteiger partial charge in [-0.25, -0.2) is 14.2 Å². The summed E-state index contributed by atoms with van der Waals surface area (Å²) < 4.78 is 19.3. The third-order valence-corrected chi connectivity index (χ3v) is 2.66. The van der Waals surface area contributed by atoms with E-state index in [-0.39, 0.29) is 35.1 Å². The quantitative estimate of drug-likeness (QED) is 0.505. The second-order valence-electron chi connectivity index (χ2n) is 4.32. The van der Waals surface area contributed by atoms with Crippen LogP contribution in [0, 0.1) is 17.7 Å². The minimum Gasteiger partial charge on any atom is -0.465 e. The number of nitrogens with zero attached hydrogens (tertiary/aromatic N) is 1. The fourth-order valence-corrected chi connectivity index (χ4v) is 1.64. The zero-order chi connectivity index (χ0) is 16.8. The number of nitrogens with two attached hydrogens (primary N) is 2. The maximum absolute atomic E-state index is 13.8. The Morgan fingerprint density at radius 2 is 2.13 bits per heavy atom. The number of aromatic nitrogens is 1. The van der Waals surface area contributed by atoms with Crippen molar-refractivity contribution in [1.82, 2.24) is 10.3 Å². The summed E-state index contributed by atoms with van der Waals surface area (Å²) in [5.74, 6) is 4.83. The number of rotatable bonds is 3. The Morgan fingerprint density at radius 1 is 1.35 bits per heavy atom. The van der Waals surface area contributed by atoms with Crippen molar-refractivity contribution in [3.05, 3.63) is 41.8 Å². The first-order chi connectivity index (χ1) is 11.0. The molecule has 0 aliphatic heterocycles. The van der Waals surface area contributed by atoms with Gasteiger partial charge in [-0.2, -0.15) is 0 Å². The maximum atomic E-state index is 13.8. The number of anilines is 2. The highest BCUT2D eigenvalue weighted by molar-refractivity contribution is 5.65. The Morgan fingerprint density at radius 3 is 2.83 bits per heavy atom. The van der Waals surface area contributed by atoms with E-state index in [0.717, 1.165) is 6.07 Å². The molecule has 7 nitrogen and oxygen atoms in total. The van der Waals surface area contributed by atoms with Gasteiger partial charge in [-0.05, 0) is 12.1 Å². The number of nitrogen functional groups attached to an aromatic ring is 2. The molecule has 0 aliphatic rings. The van der Waals surface area contributed by atoms with Gasteiger partial charge in [0.25, 0.3) is 0 Å². The van der Waals surface area contributed by atoms with Gasteiger partial charge in [0.15, 0.2) is 11.6 Å². The van der Waals surface area contributed by atoms with Crippen molar-refractivity contribution in [2.45, 2.75) is 0 Å². The first-order valence-corrected chi connectivity index (χ1v) is 6.40. The molecule has 2 aromatic rings. The van der Waals surface area contributed by atoms with E-state index in [9.17, 15) is 9.18 Å². The Bertz CT molecular complexity index is 799. The van der Waals surface area contributed by atoms with Crippen LogP contribution in [0.5, 0.6) is 11.5 Å². The van der Waals surface area contributed by atoms with Crippen molar-refractivity contribution < 1.29 is 19.0 Å². The van der Waals surface area contributed by atoms with Crippen molar-refractivity contribution in [2.24, 2.45) is 0 Å². The summed E-state index contributed by atoms with van der Waals surface area (Å²) in [5.41, 5.74) is 11.7. The zero-order valence-corrected chi connectivity index (χ0v) is 11.8. The average molecular weight is 316 g/mol. The van der Waals surface area contributed by atoms with E-state index in [0.29, 0.717) is 0 Å². The molecule has 0 radical (unpaired) electrons. The summed E-state index contributed by atoms with van der Waals surface area (Å²) in [6.07, 6.45) is 0.194. The number of benzene rings is 1. The van der Waals surface area contributed by atoms with Crippen LogP contribution in [0.15, 0.2) is 30.5 Å². The van der Waals surface area contributed by atoms with Gasteiger partial charge in [0.1, 0.15) is 17.1 Å². The van der Waals surface area contributed by atoms with Crippen molar-refractivity contribution >= 4 is 17.6 Å². The minimum absolute atomic E-state index is 0.0449. The largest absolute Gasteiger partial charge is 0.465 e. The predicted octanol–water partition coefficient (Wildman–Crippen LogP) is 1.80.